The molecule has 1 fully saturated rings. The van der Waals surface area contributed by atoms with E-state index >= 15 is 0 Å². The van der Waals surface area contributed by atoms with Gasteiger partial charge in [0.25, 0.3) is 0 Å². The summed E-state index contributed by atoms with van der Waals surface area (Å²) in [4.78, 5) is 24.7. The largest absolute Gasteiger partial charge is 0.353 e. The third-order valence-electron chi connectivity index (χ3n) is 3.45. The molecular weight excluding hydrogens is 311 g/mol. The highest BCUT2D eigenvalue weighted by atomic mass is 35.5. The predicted molar refractivity (Wildman–Crippen MR) is 87.6 cm³/mol. The van der Waals surface area contributed by atoms with Gasteiger partial charge in [0.1, 0.15) is 17.5 Å². The van der Waals surface area contributed by atoms with Gasteiger partial charge < -0.3 is 9.80 Å². The van der Waals surface area contributed by atoms with Crippen molar-refractivity contribution in [2.24, 2.45) is 0 Å². The fourth-order valence-corrected chi connectivity index (χ4v) is 2.43. The Morgan fingerprint density at radius 3 is 2.43 bits per heavy atom. The van der Waals surface area contributed by atoms with Crippen LogP contribution in [0.3, 0.4) is 0 Å². The van der Waals surface area contributed by atoms with E-state index in [0.717, 1.165) is 30.4 Å². The van der Waals surface area contributed by atoms with Crippen molar-refractivity contribution in [2.75, 3.05) is 37.0 Å². The monoisotopic (exact) mass is 332 g/mol. The molecule has 0 aromatic carbocycles. The zero-order chi connectivity index (χ0) is 14.7. The summed E-state index contributed by atoms with van der Waals surface area (Å²) < 4.78 is 0. The van der Waals surface area contributed by atoms with Crippen molar-refractivity contribution in [3.05, 3.63) is 17.6 Å². The van der Waals surface area contributed by atoms with Crippen LogP contribution in [-0.2, 0) is 4.79 Å². The van der Waals surface area contributed by atoms with E-state index in [1.54, 1.807) is 4.90 Å². The second kappa shape index (κ2) is 7.80. The van der Waals surface area contributed by atoms with Crippen LogP contribution < -0.4 is 4.90 Å². The zero-order valence-corrected chi connectivity index (χ0v) is 14.2. The molecule has 0 aliphatic carbocycles. The van der Waals surface area contributed by atoms with Crippen molar-refractivity contribution in [1.29, 1.82) is 0 Å². The van der Waals surface area contributed by atoms with Crippen LogP contribution in [0, 0.1) is 6.92 Å². The number of nitrogens with zero attached hydrogens (tertiary/aromatic N) is 4. The Morgan fingerprint density at radius 1 is 1.29 bits per heavy atom. The average Bonchev–Trinajstić information content (AvgIpc) is 2.46. The van der Waals surface area contributed by atoms with Crippen LogP contribution in [0.4, 0.5) is 5.82 Å². The van der Waals surface area contributed by atoms with E-state index in [1.165, 1.54) is 0 Å². The Labute approximate surface area is 137 Å². The molecule has 1 saturated heterocycles. The normalized spacial score (nSPS) is 15.1. The molecule has 2 rings (SSSR count). The number of piperazine rings is 1. The summed E-state index contributed by atoms with van der Waals surface area (Å²) in [6, 6.07) is 2.00. The first-order valence-corrected chi connectivity index (χ1v) is 7.49. The van der Waals surface area contributed by atoms with Gasteiger partial charge in [0.05, 0.1) is 0 Å². The lowest BCUT2D eigenvalue weighted by molar-refractivity contribution is -0.128. The predicted octanol–water partition coefficient (Wildman–Crippen LogP) is 2.22. The molecule has 0 bridgehead atoms. The van der Waals surface area contributed by atoms with Gasteiger partial charge in [0, 0.05) is 43.9 Å². The van der Waals surface area contributed by atoms with Gasteiger partial charge in [-0.1, -0.05) is 13.8 Å². The van der Waals surface area contributed by atoms with Crippen LogP contribution in [0.25, 0.3) is 0 Å². The van der Waals surface area contributed by atoms with Crippen molar-refractivity contribution >= 4 is 35.7 Å². The summed E-state index contributed by atoms with van der Waals surface area (Å²) in [5, 5.41) is 0. The molecule has 0 atom stereocenters. The van der Waals surface area contributed by atoms with Gasteiger partial charge in [-0.2, -0.15) is 0 Å². The Morgan fingerprint density at radius 2 is 1.90 bits per heavy atom. The van der Waals surface area contributed by atoms with Gasteiger partial charge in [-0.25, -0.2) is 9.97 Å². The van der Waals surface area contributed by atoms with Crippen molar-refractivity contribution in [3.8, 4) is 0 Å². The molecule has 118 valence electrons. The minimum Gasteiger partial charge on any atom is -0.353 e. The van der Waals surface area contributed by atoms with Gasteiger partial charge in [-0.3, -0.25) is 4.79 Å². The quantitative estimate of drug-likeness (QED) is 0.796. The highest BCUT2D eigenvalue weighted by Gasteiger charge is 2.22. The molecule has 0 unspecified atom stereocenters. The number of hydrogen-bond donors (Lipinski definition) is 0. The van der Waals surface area contributed by atoms with Crippen LogP contribution in [-0.4, -0.2) is 52.8 Å². The van der Waals surface area contributed by atoms with E-state index < -0.39 is 0 Å². The van der Waals surface area contributed by atoms with E-state index in [0.29, 0.717) is 19.0 Å². The van der Waals surface area contributed by atoms with E-state index in [2.05, 4.69) is 28.7 Å². The molecule has 1 aliphatic heterocycles. The topological polar surface area (TPSA) is 49.3 Å². The summed E-state index contributed by atoms with van der Waals surface area (Å²) in [5.41, 5.74) is 0.984. The van der Waals surface area contributed by atoms with Gasteiger partial charge in [0.2, 0.25) is 5.91 Å². The molecule has 1 amide bonds. The molecule has 0 radical (unpaired) electrons. The summed E-state index contributed by atoms with van der Waals surface area (Å²) in [5.74, 6) is 2.21. The highest BCUT2D eigenvalue weighted by molar-refractivity contribution is 6.27. The molecule has 1 aromatic rings. The van der Waals surface area contributed by atoms with Crippen LogP contribution in [0.15, 0.2) is 6.07 Å². The Balaban J connectivity index is 0.00000220. The van der Waals surface area contributed by atoms with Gasteiger partial charge in [0.15, 0.2) is 0 Å². The molecular formula is C14H22Cl2N4O. The summed E-state index contributed by atoms with van der Waals surface area (Å²) in [6.45, 7) is 9.15. The fraction of sp³-hybridized carbons (Fsp3) is 0.643. The minimum absolute atomic E-state index is 0. The number of anilines is 1. The Kier molecular flexibility index (Phi) is 6.68. The first-order chi connectivity index (χ1) is 9.51. The lowest BCUT2D eigenvalue weighted by atomic mass is 10.2. The number of alkyl halides is 1. The van der Waals surface area contributed by atoms with E-state index in [1.807, 2.05) is 13.0 Å². The lowest BCUT2D eigenvalue weighted by Gasteiger charge is -2.35. The maximum atomic E-state index is 11.6. The average molecular weight is 333 g/mol. The molecule has 5 nitrogen and oxygen atoms in total. The number of aromatic nitrogens is 2. The number of aryl methyl sites for hydroxylation is 1. The van der Waals surface area contributed by atoms with Gasteiger partial charge in [-0.15, -0.1) is 24.0 Å². The van der Waals surface area contributed by atoms with Gasteiger partial charge in [-0.05, 0) is 6.92 Å². The third kappa shape index (κ3) is 4.45. The van der Waals surface area contributed by atoms with E-state index in [4.69, 9.17) is 11.6 Å². The van der Waals surface area contributed by atoms with Crippen LogP contribution in [0.5, 0.6) is 0 Å². The van der Waals surface area contributed by atoms with Crippen molar-refractivity contribution < 1.29 is 4.79 Å². The summed E-state index contributed by atoms with van der Waals surface area (Å²) in [6.07, 6.45) is 0. The van der Waals surface area contributed by atoms with Crippen LogP contribution >= 0.6 is 24.0 Å². The molecule has 0 spiro atoms. The maximum absolute atomic E-state index is 11.6. The minimum atomic E-state index is 0. The van der Waals surface area contributed by atoms with Gasteiger partial charge >= 0.3 is 0 Å². The fourth-order valence-electron chi connectivity index (χ4n) is 2.26. The number of halogens is 2. The number of carbonyl (C=O) groups excluding carboxylic acids is 1. The van der Waals surface area contributed by atoms with Crippen molar-refractivity contribution in [1.82, 2.24) is 14.9 Å². The van der Waals surface area contributed by atoms with Crippen LogP contribution in [0.1, 0.15) is 31.3 Å². The van der Waals surface area contributed by atoms with Crippen molar-refractivity contribution in [3.63, 3.8) is 0 Å². The maximum Gasteiger partial charge on any atom is 0.237 e. The molecule has 2 heterocycles. The summed E-state index contributed by atoms with van der Waals surface area (Å²) in [7, 11) is 0. The molecule has 0 N–H and O–H groups in total. The second-order valence-electron chi connectivity index (χ2n) is 5.38. The highest BCUT2D eigenvalue weighted by Crippen LogP contribution is 2.18. The number of rotatable bonds is 3. The smallest absolute Gasteiger partial charge is 0.237 e. The number of amides is 1. The molecule has 1 aromatic heterocycles. The zero-order valence-electron chi connectivity index (χ0n) is 12.7. The Hall–Kier alpha value is -1.07. The molecule has 21 heavy (non-hydrogen) atoms. The van der Waals surface area contributed by atoms with Crippen molar-refractivity contribution in [2.45, 2.75) is 26.7 Å². The number of hydrogen-bond acceptors (Lipinski definition) is 4. The molecule has 7 heteroatoms. The first-order valence-electron chi connectivity index (χ1n) is 6.95. The van der Waals surface area contributed by atoms with E-state index in [9.17, 15) is 4.79 Å². The third-order valence-corrected chi connectivity index (χ3v) is 3.67. The molecule has 1 aliphatic rings. The summed E-state index contributed by atoms with van der Waals surface area (Å²) >= 11 is 5.59. The Bertz CT molecular complexity index is 488. The first kappa shape index (κ1) is 18.0. The second-order valence-corrected chi connectivity index (χ2v) is 5.65. The van der Waals surface area contributed by atoms with Crippen LogP contribution in [0.2, 0.25) is 0 Å². The SMILES string of the molecule is Cc1cc(N2CCN(C(=O)CCl)CC2)nc(C(C)C)n1.Cl. The molecule has 0 saturated carbocycles. The number of carbonyl (C=O) groups is 1. The lowest BCUT2D eigenvalue weighted by Crippen LogP contribution is -2.49. The van der Waals surface area contributed by atoms with E-state index in [-0.39, 0.29) is 24.2 Å². The standard InChI is InChI=1S/C14H21ClN4O.ClH/c1-10(2)14-16-11(3)8-12(17-14)18-4-6-19(7-5-18)13(20)9-15;/h8,10H,4-7,9H2,1-3H3;1H.